The van der Waals surface area contributed by atoms with Crippen LogP contribution in [0, 0.1) is 0 Å². The SMILES string of the molecule is CC1CC(NC2CCCc3c2cnn3CCO)CS1. The molecule has 3 atom stereocenters. The molecule has 3 unspecified atom stereocenters. The van der Waals surface area contributed by atoms with Crippen LogP contribution in [0.25, 0.3) is 0 Å². The standard InChI is InChI=1S/C14H23N3OS/c1-10-7-11(9-19-10)16-13-3-2-4-14-12(13)8-15-17(14)5-6-18/h8,10-11,13,16,18H,2-7,9H2,1H3. The summed E-state index contributed by atoms with van der Waals surface area (Å²) in [6.07, 6.45) is 6.82. The monoisotopic (exact) mass is 281 g/mol. The van der Waals surface area contributed by atoms with Crippen LogP contribution >= 0.6 is 11.8 Å². The predicted octanol–water partition coefficient (Wildman–Crippen LogP) is 1.74. The highest BCUT2D eigenvalue weighted by Gasteiger charge is 2.29. The van der Waals surface area contributed by atoms with Crippen LogP contribution in [0.2, 0.25) is 0 Å². The molecule has 2 heterocycles. The Balaban J connectivity index is 1.71. The van der Waals surface area contributed by atoms with Crippen LogP contribution in [0.15, 0.2) is 6.20 Å². The number of nitrogens with zero attached hydrogens (tertiary/aromatic N) is 2. The number of nitrogens with one attached hydrogen (secondary N) is 1. The van der Waals surface area contributed by atoms with Crippen molar-refractivity contribution in [2.75, 3.05) is 12.4 Å². The Bertz CT molecular complexity index is 434. The highest BCUT2D eigenvalue weighted by Crippen LogP contribution is 2.33. The van der Waals surface area contributed by atoms with Crippen molar-refractivity contribution in [2.24, 2.45) is 0 Å². The van der Waals surface area contributed by atoms with Gasteiger partial charge in [0.05, 0.1) is 19.3 Å². The van der Waals surface area contributed by atoms with E-state index in [-0.39, 0.29) is 6.61 Å². The number of aliphatic hydroxyl groups is 1. The number of thioether (sulfide) groups is 1. The third-order valence-corrected chi connectivity index (χ3v) is 5.57. The summed E-state index contributed by atoms with van der Waals surface area (Å²) < 4.78 is 1.98. The molecule has 19 heavy (non-hydrogen) atoms. The molecule has 0 radical (unpaired) electrons. The number of rotatable bonds is 4. The molecule has 1 aromatic rings. The van der Waals surface area contributed by atoms with Crippen LogP contribution in [-0.2, 0) is 13.0 Å². The topological polar surface area (TPSA) is 50.1 Å². The molecule has 0 amide bonds. The number of aromatic nitrogens is 2. The summed E-state index contributed by atoms with van der Waals surface area (Å²) in [7, 11) is 0. The zero-order valence-electron chi connectivity index (χ0n) is 11.5. The average molecular weight is 281 g/mol. The van der Waals surface area contributed by atoms with Crippen molar-refractivity contribution in [3.8, 4) is 0 Å². The highest BCUT2D eigenvalue weighted by molar-refractivity contribution is 8.00. The van der Waals surface area contributed by atoms with Gasteiger partial charge in [0, 0.05) is 34.3 Å². The first-order chi connectivity index (χ1) is 9.28. The predicted molar refractivity (Wildman–Crippen MR) is 78.5 cm³/mol. The normalized spacial score (nSPS) is 30.5. The molecule has 1 aliphatic heterocycles. The Morgan fingerprint density at radius 1 is 1.58 bits per heavy atom. The van der Waals surface area contributed by atoms with Crippen LogP contribution in [-0.4, -0.2) is 38.5 Å². The first kappa shape index (κ1) is 13.5. The molecule has 1 aromatic heterocycles. The fourth-order valence-corrected chi connectivity index (χ4v) is 4.46. The Labute approximate surface area is 119 Å². The van der Waals surface area contributed by atoms with Crippen LogP contribution in [0.3, 0.4) is 0 Å². The minimum atomic E-state index is 0.170. The fraction of sp³-hybridized carbons (Fsp3) is 0.786. The maximum Gasteiger partial charge on any atom is 0.0644 e. The molecule has 3 rings (SSSR count). The Morgan fingerprint density at radius 3 is 3.21 bits per heavy atom. The van der Waals surface area contributed by atoms with Crippen molar-refractivity contribution in [1.82, 2.24) is 15.1 Å². The summed E-state index contributed by atoms with van der Waals surface area (Å²) in [4.78, 5) is 0. The second-order valence-corrected chi connectivity index (χ2v) is 7.15. The van der Waals surface area contributed by atoms with Gasteiger partial charge in [-0.15, -0.1) is 0 Å². The molecule has 0 spiro atoms. The number of hydrogen-bond donors (Lipinski definition) is 2. The molecule has 4 nitrogen and oxygen atoms in total. The fourth-order valence-electron chi connectivity index (χ4n) is 3.30. The van der Waals surface area contributed by atoms with Gasteiger partial charge >= 0.3 is 0 Å². The Morgan fingerprint density at radius 2 is 2.47 bits per heavy atom. The van der Waals surface area contributed by atoms with Gasteiger partial charge in [-0.1, -0.05) is 6.92 Å². The average Bonchev–Trinajstić information content (AvgIpc) is 2.98. The molecule has 106 valence electrons. The summed E-state index contributed by atoms with van der Waals surface area (Å²) in [5, 5.41) is 18.1. The van der Waals surface area contributed by atoms with Gasteiger partial charge in [-0.3, -0.25) is 4.68 Å². The summed E-state index contributed by atoms with van der Waals surface area (Å²) in [5.41, 5.74) is 2.70. The molecule has 1 saturated heterocycles. The quantitative estimate of drug-likeness (QED) is 0.882. The van der Waals surface area contributed by atoms with E-state index in [0.717, 1.165) is 11.7 Å². The molecular formula is C14H23N3OS. The zero-order chi connectivity index (χ0) is 13.2. The van der Waals surface area contributed by atoms with Gasteiger partial charge in [0.2, 0.25) is 0 Å². The summed E-state index contributed by atoms with van der Waals surface area (Å²) in [6, 6.07) is 1.12. The van der Waals surface area contributed by atoms with E-state index in [0.29, 0.717) is 18.6 Å². The van der Waals surface area contributed by atoms with Crippen LogP contribution in [0.5, 0.6) is 0 Å². The Kier molecular flexibility index (Phi) is 4.15. The number of aliphatic hydroxyl groups excluding tert-OH is 1. The van der Waals surface area contributed by atoms with Gasteiger partial charge in [-0.2, -0.15) is 16.9 Å². The van der Waals surface area contributed by atoms with Crippen molar-refractivity contribution >= 4 is 11.8 Å². The lowest BCUT2D eigenvalue weighted by Gasteiger charge is -2.27. The smallest absolute Gasteiger partial charge is 0.0644 e. The Hall–Kier alpha value is -0.520. The first-order valence-corrected chi connectivity index (χ1v) is 8.36. The van der Waals surface area contributed by atoms with Crippen LogP contribution in [0.4, 0.5) is 0 Å². The van der Waals surface area contributed by atoms with E-state index in [2.05, 4.69) is 29.1 Å². The van der Waals surface area contributed by atoms with Crippen molar-refractivity contribution in [3.63, 3.8) is 0 Å². The van der Waals surface area contributed by atoms with E-state index in [1.165, 1.54) is 36.3 Å². The van der Waals surface area contributed by atoms with Gasteiger partial charge in [-0.25, -0.2) is 0 Å². The second-order valence-electron chi connectivity index (χ2n) is 5.68. The van der Waals surface area contributed by atoms with Crippen LogP contribution < -0.4 is 5.32 Å². The van der Waals surface area contributed by atoms with Crippen molar-refractivity contribution < 1.29 is 5.11 Å². The minimum Gasteiger partial charge on any atom is -0.394 e. The van der Waals surface area contributed by atoms with Gasteiger partial charge in [-0.05, 0) is 25.7 Å². The van der Waals surface area contributed by atoms with Crippen molar-refractivity contribution in [1.29, 1.82) is 0 Å². The van der Waals surface area contributed by atoms with Gasteiger partial charge in [0.25, 0.3) is 0 Å². The third kappa shape index (κ3) is 2.83. The highest BCUT2D eigenvalue weighted by atomic mass is 32.2. The number of hydrogen-bond acceptors (Lipinski definition) is 4. The van der Waals surface area contributed by atoms with Crippen molar-refractivity contribution in [3.05, 3.63) is 17.5 Å². The lowest BCUT2D eigenvalue weighted by atomic mass is 9.92. The molecular weight excluding hydrogens is 258 g/mol. The minimum absolute atomic E-state index is 0.170. The summed E-state index contributed by atoms with van der Waals surface area (Å²) >= 11 is 2.07. The molecule has 1 aliphatic carbocycles. The van der Waals surface area contributed by atoms with Gasteiger partial charge < -0.3 is 10.4 Å². The first-order valence-electron chi connectivity index (χ1n) is 7.31. The molecule has 2 N–H and O–H groups in total. The van der Waals surface area contributed by atoms with Crippen LogP contribution in [0.1, 0.15) is 43.5 Å². The molecule has 1 fully saturated rings. The van der Waals surface area contributed by atoms with Crippen molar-refractivity contribution in [2.45, 2.75) is 56.5 Å². The largest absolute Gasteiger partial charge is 0.394 e. The summed E-state index contributed by atoms with van der Waals surface area (Å²) in [6.45, 7) is 3.11. The van der Waals surface area contributed by atoms with E-state index in [1.54, 1.807) is 0 Å². The lowest BCUT2D eigenvalue weighted by Crippen LogP contribution is -2.34. The van der Waals surface area contributed by atoms with E-state index < -0.39 is 0 Å². The van der Waals surface area contributed by atoms with E-state index >= 15 is 0 Å². The molecule has 0 bridgehead atoms. The molecule has 0 saturated carbocycles. The third-order valence-electron chi connectivity index (χ3n) is 4.21. The number of fused-ring (bicyclic) bond motifs is 1. The zero-order valence-corrected chi connectivity index (χ0v) is 12.3. The lowest BCUT2D eigenvalue weighted by molar-refractivity contribution is 0.266. The maximum absolute atomic E-state index is 9.09. The summed E-state index contributed by atoms with van der Waals surface area (Å²) in [5.74, 6) is 1.23. The second kappa shape index (κ2) is 5.85. The van der Waals surface area contributed by atoms with Gasteiger partial charge in [0.1, 0.15) is 0 Å². The molecule has 2 aliphatic rings. The van der Waals surface area contributed by atoms with E-state index in [9.17, 15) is 0 Å². The molecule has 5 heteroatoms. The van der Waals surface area contributed by atoms with Gasteiger partial charge in [0.15, 0.2) is 0 Å². The maximum atomic E-state index is 9.09. The van der Waals surface area contributed by atoms with E-state index in [1.807, 2.05) is 10.9 Å². The van der Waals surface area contributed by atoms with E-state index in [4.69, 9.17) is 5.11 Å². The molecule has 0 aromatic carbocycles.